The van der Waals surface area contributed by atoms with Gasteiger partial charge in [-0.1, -0.05) is 60.7 Å². The number of carbonyl (C=O) groups is 2. The van der Waals surface area contributed by atoms with Gasteiger partial charge in [0, 0.05) is 12.6 Å². The molecule has 1 saturated carbocycles. The maximum absolute atomic E-state index is 13.3. The number of hydrogen-bond acceptors (Lipinski definition) is 3. The van der Waals surface area contributed by atoms with Gasteiger partial charge in [-0.2, -0.15) is 0 Å². The second-order valence-corrected chi connectivity index (χ2v) is 9.13. The van der Waals surface area contributed by atoms with E-state index < -0.39 is 6.04 Å². The molecule has 7 heteroatoms. The van der Waals surface area contributed by atoms with Gasteiger partial charge in [0.25, 0.3) is 0 Å². The van der Waals surface area contributed by atoms with Gasteiger partial charge in [-0.05, 0) is 55.2 Å². The van der Waals surface area contributed by atoms with E-state index in [0.717, 1.165) is 36.8 Å². The summed E-state index contributed by atoms with van der Waals surface area (Å²) in [5.74, 6) is 0.429. The second-order valence-electron chi connectivity index (χ2n) is 8.32. The van der Waals surface area contributed by atoms with Crippen LogP contribution in [-0.4, -0.2) is 35.9 Å². The molecule has 32 heavy (non-hydrogen) atoms. The average molecular weight is 477 g/mol. The summed E-state index contributed by atoms with van der Waals surface area (Å²) in [6, 6.07) is 12.3. The Morgan fingerprint density at radius 2 is 1.81 bits per heavy atom. The largest absolute Gasteiger partial charge is 0.497 e. The maximum Gasteiger partial charge on any atom is 0.242 e. The molecule has 1 aliphatic rings. The van der Waals surface area contributed by atoms with Crippen LogP contribution in [-0.2, 0) is 22.6 Å². The Morgan fingerprint density at radius 1 is 1.06 bits per heavy atom. The van der Waals surface area contributed by atoms with Gasteiger partial charge in [0.05, 0.1) is 23.6 Å². The minimum Gasteiger partial charge on any atom is -0.497 e. The molecular formula is C25H30Cl2N2O3. The van der Waals surface area contributed by atoms with Crippen molar-refractivity contribution in [2.45, 2.75) is 64.1 Å². The molecule has 2 aromatic carbocycles. The number of halogens is 2. The predicted molar refractivity (Wildman–Crippen MR) is 128 cm³/mol. The van der Waals surface area contributed by atoms with Crippen molar-refractivity contribution in [2.75, 3.05) is 7.11 Å². The highest BCUT2D eigenvalue weighted by molar-refractivity contribution is 6.42. The third kappa shape index (κ3) is 6.63. The molecular weight excluding hydrogens is 447 g/mol. The molecule has 1 N–H and O–H groups in total. The fourth-order valence-electron chi connectivity index (χ4n) is 4.04. The summed E-state index contributed by atoms with van der Waals surface area (Å²) in [7, 11) is 1.60. The number of amides is 2. The Kier molecular flexibility index (Phi) is 8.83. The van der Waals surface area contributed by atoms with Crippen molar-refractivity contribution in [1.29, 1.82) is 0 Å². The molecule has 0 aliphatic heterocycles. The summed E-state index contributed by atoms with van der Waals surface area (Å²) < 4.78 is 5.32. The van der Waals surface area contributed by atoms with Crippen LogP contribution < -0.4 is 10.1 Å². The summed E-state index contributed by atoms with van der Waals surface area (Å²) in [6.07, 6.45) is 5.58. The van der Waals surface area contributed by atoms with Crippen LogP contribution in [0.5, 0.6) is 5.75 Å². The smallest absolute Gasteiger partial charge is 0.242 e. The predicted octanol–water partition coefficient (Wildman–Crippen LogP) is 5.41. The Morgan fingerprint density at radius 3 is 2.50 bits per heavy atom. The normalized spacial score (nSPS) is 15.1. The minimum atomic E-state index is -0.613. The molecule has 172 valence electrons. The highest BCUT2D eigenvalue weighted by atomic mass is 35.5. The topological polar surface area (TPSA) is 58.6 Å². The number of ether oxygens (including phenoxy) is 1. The zero-order valence-electron chi connectivity index (χ0n) is 18.6. The molecule has 3 rings (SSSR count). The Bertz CT molecular complexity index is 945. The van der Waals surface area contributed by atoms with Crippen LogP contribution >= 0.6 is 23.2 Å². The van der Waals surface area contributed by atoms with E-state index in [0.29, 0.717) is 22.3 Å². The number of hydrogen-bond donors (Lipinski definition) is 1. The van der Waals surface area contributed by atoms with Crippen LogP contribution in [0.4, 0.5) is 0 Å². The van der Waals surface area contributed by atoms with Gasteiger partial charge in [0.1, 0.15) is 11.8 Å². The number of carbonyl (C=O) groups excluding carboxylic acids is 2. The molecule has 2 amide bonds. The summed E-state index contributed by atoms with van der Waals surface area (Å²) in [5.41, 5.74) is 1.64. The lowest BCUT2D eigenvalue weighted by Crippen LogP contribution is -2.50. The summed E-state index contributed by atoms with van der Waals surface area (Å²) in [5, 5.41) is 3.99. The molecule has 0 bridgehead atoms. The van der Waals surface area contributed by atoms with Gasteiger partial charge in [-0.25, -0.2) is 0 Å². The van der Waals surface area contributed by atoms with E-state index >= 15 is 0 Å². The highest BCUT2D eigenvalue weighted by Gasteiger charge is 2.28. The molecule has 1 aliphatic carbocycles. The monoisotopic (exact) mass is 476 g/mol. The lowest BCUT2D eigenvalue weighted by atomic mass is 9.95. The number of rotatable bonds is 8. The van der Waals surface area contributed by atoms with Crippen molar-refractivity contribution in [3.63, 3.8) is 0 Å². The number of nitrogens with one attached hydrogen (secondary N) is 1. The lowest BCUT2D eigenvalue weighted by molar-refractivity contribution is -0.140. The van der Waals surface area contributed by atoms with E-state index in [2.05, 4.69) is 5.32 Å². The van der Waals surface area contributed by atoms with Crippen LogP contribution in [0, 0.1) is 0 Å². The van der Waals surface area contributed by atoms with Crippen LogP contribution in [0.2, 0.25) is 10.0 Å². The van der Waals surface area contributed by atoms with Crippen LogP contribution in [0.15, 0.2) is 42.5 Å². The van der Waals surface area contributed by atoms with E-state index in [4.69, 9.17) is 27.9 Å². The summed E-state index contributed by atoms with van der Waals surface area (Å²) in [6.45, 7) is 2.09. The van der Waals surface area contributed by atoms with E-state index in [9.17, 15) is 9.59 Å². The average Bonchev–Trinajstić information content (AvgIpc) is 2.80. The zero-order chi connectivity index (χ0) is 23.1. The quantitative estimate of drug-likeness (QED) is 0.553. The first-order valence-electron chi connectivity index (χ1n) is 11.0. The SMILES string of the molecule is COc1cccc(CN(C(=O)Cc2ccc(Cl)c(Cl)c2)[C@@H](C)C(=O)NC2CCCCC2)c1. The molecule has 0 heterocycles. The van der Waals surface area contributed by atoms with Gasteiger partial charge < -0.3 is 15.0 Å². The molecule has 0 unspecified atom stereocenters. The zero-order valence-corrected chi connectivity index (χ0v) is 20.1. The first-order chi connectivity index (χ1) is 15.4. The van der Waals surface area contributed by atoms with Crippen molar-refractivity contribution in [3.8, 4) is 5.75 Å². The Hall–Kier alpha value is -2.24. The van der Waals surface area contributed by atoms with Gasteiger partial charge in [-0.15, -0.1) is 0 Å². The fraction of sp³-hybridized carbons (Fsp3) is 0.440. The Balaban J connectivity index is 1.79. The Labute approximate surface area is 200 Å². The summed E-state index contributed by atoms with van der Waals surface area (Å²) in [4.78, 5) is 28.0. The molecule has 2 aromatic rings. The van der Waals surface area contributed by atoms with Crippen molar-refractivity contribution in [3.05, 3.63) is 63.6 Å². The third-order valence-electron chi connectivity index (χ3n) is 5.95. The third-order valence-corrected chi connectivity index (χ3v) is 6.68. The van der Waals surface area contributed by atoms with Gasteiger partial charge in [0.15, 0.2) is 0 Å². The molecule has 5 nitrogen and oxygen atoms in total. The first-order valence-corrected chi connectivity index (χ1v) is 11.8. The van der Waals surface area contributed by atoms with E-state index in [1.165, 1.54) is 6.42 Å². The van der Waals surface area contributed by atoms with Gasteiger partial charge >= 0.3 is 0 Å². The number of benzene rings is 2. The molecule has 0 aromatic heterocycles. The fourth-order valence-corrected chi connectivity index (χ4v) is 4.37. The molecule has 0 spiro atoms. The number of methoxy groups -OCH3 is 1. The molecule has 1 fully saturated rings. The van der Waals surface area contributed by atoms with E-state index in [1.807, 2.05) is 24.3 Å². The van der Waals surface area contributed by atoms with Crippen LogP contribution in [0.25, 0.3) is 0 Å². The van der Waals surface area contributed by atoms with Crippen LogP contribution in [0.3, 0.4) is 0 Å². The summed E-state index contributed by atoms with van der Waals surface area (Å²) >= 11 is 12.1. The van der Waals surface area contributed by atoms with Crippen LogP contribution in [0.1, 0.15) is 50.2 Å². The standard InChI is InChI=1S/C25H30Cl2N2O3/c1-17(25(31)28-20-8-4-3-5-9-20)29(16-19-7-6-10-21(13-19)32-2)24(30)15-18-11-12-22(26)23(27)14-18/h6-7,10-14,17,20H,3-5,8-9,15-16H2,1-2H3,(H,28,31)/t17-/m0/s1. The molecule has 0 radical (unpaired) electrons. The maximum atomic E-state index is 13.3. The van der Waals surface area contributed by atoms with Crippen molar-refractivity contribution in [1.82, 2.24) is 10.2 Å². The first kappa shape index (κ1) is 24.4. The molecule has 1 atom stereocenters. The van der Waals surface area contributed by atoms with Crippen molar-refractivity contribution in [2.24, 2.45) is 0 Å². The minimum absolute atomic E-state index is 0.123. The molecule has 0 saturated heterocycles. The van der Waals surface area contributed by atoms with Crippen molar-refractivity contribution >= 4 is 35.0 Å². The lowest BCUT2D eigenvalue weighted by Gasteiger charge is -2.31. The number of nitrogens with zero attached hydrogens (tertiary/aromatic N) is 1. The highest BCUT2D eigenvalue weighted by Crippen LogP contribution is 2.24. The van der Waals surface area contributed by atoms with E-state index in [1.54, 1.807) is 37.1 Å². The van der Waals surface area contributed by atoms with Gasteiger partial charge in [-0.3, -0.25) is 9.59 Å². The van der Waals surface area contributed by atoms with Gasteiger partial charge in [0.2, 0.25) is 11.8 Å². The van der Waals surface area contributed by atoms with Crippen molar-refractivity contribution < 1.29 is 14.3 Å². The second kappa shape index (κ2) is 11.6. The van der Waals surface area contributed by atoms with E-state index in [-0.39, 0.29) is 24.3 Å².